The molecule has 0 N–H and O–H groups in total. The van der Waals surface area contributed by atoms with Gasteiger partial charge in [0, 0.05) is 31.1 Å². The minimum atomic E-state index is -0.422. The number of para-hydroxylation sites is 2. The molecule has 0 atom stereocenters. The van der Waals surface area contributed by atoms with E-state index in [1.807, 2.05) is 24.3 Å². The van der Waals surface area contributed by atoms with E-state index in [9.17, 15) is 4.79 Å². The maximum atomic E-state index is 13.2. The topological polar surface area (TPSA) is 48.4 Å². The highest BCUT2D eigenvalue weighted by atomic mass is 35.5. The Balaban J connectivity index is 1.93. The zero-order valence-corrected chi connectivity index (χ0v) is 17.6. The van der Waals surface area contributed by atoms with Gasteiger partial charge in [0.15, 0.2) is 0 Å². The number of piperazine rings is 1. The number of thiophene rings is 1. The average Bonchev–Trinajstić information content (AvgIpc) is 2.99. The average molecular weight is 419 g/mol. The monoisotopic (exact) mass is 418 g/mol. The van der Waals surface area contributed by atoms with E-state index >= 15 is 0 Å². The molecular weight excluding hydrogens is 396 g/mol. The molecule has 2 aliphatic heterocycles. The van der Waals surface area contributed by atoms with E-state index < -0.39 is 6.09 Å². The highest BCUT2D eigenvalue weighted by Gasteiger charge is 2.32. The first-order valence-electron chi connectivity index (χ1n) is 9.33. The van der Waals surface area contributed by atoms with Gasteiger partial charge < -0.3 is 14.5 Å². The first-order valence-corrected chi connectivity index (χ1v) is 10.7. The Hall–Kier alpha value is -2.09. The maximum absolute atomic E-state index is 13.2. The van der Waals surface area contributed by atoms with Crippen molar-refractivity contribution in [1.82, 2.24) is 9.80 Å². The number of rotatable bonds is 3. The molecule has 2 aromatic rings. The third kappa shape index (κ3) is 3.62. The molecule has 2 aliphatic rings. The SMILES string of the molecule is Cc1cc2c(s1)=Nc1ccccc1N(C(=O)OCCCl)C=2N1CCN(C)CC1. The van der Waals surface area contributed by atoms with Crippen LogP contribution in [0.1, 0.15) is 4.88 Å². The smallest absolute Gasteiger partial charge is 0.420 e. The predicted octanol–water partition coefficient (Wildman–Crippen LogP) is 2.52. The largest absolute Gasteiger partial charge is 0.448 e. The number of nitrogens with zero attached hydrogens (tertiary/aromatic N) is 4. The number of aryl methyl sites for hydroxylation is 1. The summed E-state index contributed by atoms with van der Waals surface area (Å²) in [5.74, 6) is 1.11. The second kappa shape index (κ2) is 8.11. The standard InChI is InChI=1S/C20H23ClN4O2S/c1-14-13-15-18(28-14)22-16-5-3-4-6-17(16)25(20(26)27-12-7-21)19(15)24-10-8-23(2)9-11-24/h3-6,13H,7-12H2,1-2H3. The summed E-state index contributed by atoms with van der Waals surface area (Å²) >= 11 is 7.41. The van der Waals surface area contributed by atoms with Crippen molar-refractivity contribution < 1.29 is 9.53 Å². The molecule has 6 nitrogen and oxygen atoms in total. The maximum Gasteiger partial charge on any atom is 0.420 e. The summed E-state index contributed by atoms with van der Waals surface area (Å²) < 4.78 is 6.39. The lowest BCUT2D eigenvalue weighted by Gasteiger charge is -2.38. The van der Waals surface area contributed by atoms with Gasteiger partial charge in [0.2, 0.25) is 0 Å². The van der Waals surface area contributed by atoms with E-state index in [1.54, 1.807) is 16.2 Å². The lowest BCUT2D eigenvalue weighted by atomic mass is 10.2. The summed E-state index contributed by atoms with van der Waals surface area (Å²) in [5, 5.41) is 0.978. The summed E-state index contributed by atoms with van der Waals surface area (Å²) in [6, 6.07) is 9.82. The predicted molar refractivity (Wildman–Crippen MR) is 113 cm³/mol. The molecule has 28 heavy (non-hydrogen) atoms. The minimum absolute atomic E-state index is 0.168. The number of hydrogen-bond donors (Lipinski definition) is 0. The van der Waals surface area contributed by atoms with E-state index in [0.717, 1.165) is 58.1 Å². The van der Waals surface area contributed by atoms with Crippen molar-refractivity contribution in [2.24, 2.45) is 4.99 Å². The highest BCUT2D eigenvalue weighted by molar-refractivity contribution is 7.09. The fourth-order valence-corrected chi connectivity index (χ4v) is 4.51. The number of alkyl halides is 1. The van der Waals surface area contributed by atoms with E-state index in [4.69, 9.17) is 21.3 Å². The van der Waals surface area contributed by atoms with Gasteiger partial charge in [0.25, 0.3) is 0 Å². The molecule has 1 aromatic heterocycles. The van der Waals surface area contributed by atoms with E-state index in [0.29, 0.717) is 0 Å². The van der Waals surface area contributed by atoms with E-state index in [2.05, 4.69) is 29.8 Å². The molecule has 0 saturated carbocycles. The lowest BCUT2D eigenvalue weighted by Crippen LogP contribution is -2.51. The number of carbonyl (C=O) groups is 1. The third-order valence-electron chi connectivity index (χ3n) is 4.92. The van der Waals surface area contributed by atoms with Gasteiger partial charge in [-0.05, 0) is 32.2 Å². The molecule has 1 saturated heterocycles. The van der Waals surface area contributed by atoms with Gasteiger partial charge in [0.1, 0.15) is 17.1 Å². The van der Waals surface area contributed by atoms with Crippen molar-refractivity contribution in [2.75, 3.05) is 50.6 Å². The molecule has 1 aromatic carbocycles. The fraction of sp³-hybridized carbons (Fsp3) is 0.400. The summed E-state index contributed by atoms with van der Waals surface area (Å²) in [4.78, 5) is 25.4. The molecule has 1 amide bonds. The van der Waals surface area contributed by atoms with Crippen LogP contribution in [0.25, 0.3) is 5.82 Å². The number of halogens is 1. The number of carbonyl (C=O) groups excluding carboxylic acids is 1. The Morgan fingerprint density at radius 3 is 2.75 bits per heavy atom. The normalized spacial score (nSPS) is 16.9. The van der Waals surface area contributed by atoms with E-state index in [-0.39, 0.29) is 12.5 Å². The first kappa shape index (κ1) is 19.2. The molecule has 0 aliphatic carbocycles. The van der Waals surface area contributed by atoms with Gasteiger partial charge in [-0.2, -0.15) is 0 Å². The fourth-order valence-electron chi connectivity index (χ4n) is 3.54. The molecule has 148 valence electrons. The van der Waals surface area contributed by atoms with Crippen LogP contribution in [0.3, 0.4) is 0 Å². The molecule has 4 rings (SSSR count). The van der Waals surface area contributed by atoms with Gasteiger partial charge in [-0.3, -0.25) is 0 Å². The zero-order chi connectivity index (χ0) is 19.7. The number of ether oxygens (including phenoxy) is 1. The van der Waals surface area contributed by atoms with Crippen molar-refractivity contribution >= 4 is 46.2 Å². The number of hydrogen-bond acceptors (Lipinski definition) is 6. The van der Waals surface area contributed by atoms with Crippen LogP contribution < -0.4 is 14.8 Å². The van der Waals surface area contributed by atoms with Crippen molar-refractivity contribution in [2.45, 2.75) is 6.92 Å². The van der Waals surface area contributed by atoms with Gasteiger partial charge in [-0.25, -0.2) is 14.7 Å². The number of likely N-dealkylation sites (N-methyl/N-ethyl adjacent to an activating group) is 1. The van der Waals surface area contributed by atoms with Crippen LogP contribution in [0.15, 0.2) is 35.3 Å². The third-order valence-corrected chi connectivity index (χ3v) is 6.02. The van der Waals surface area contributed by atoms with Crippen LogP contribution in [0.2, 0.25) is 0 Å². The highest BCUT2D eigenvalue weighted by Crippen LogP contribution is 2.34. The Morgan fingerprint density at radius 1 is 1.25 bits per heavy atom. The zero-order valence-electron chi connectivity index (χ0n) is 16.0. The summed E-state index contributed by atoms with van der Waals surface area (Å²) in [6.45, 7) is 5.78. The summed E-state index contributed by atoms with van der Waals surface area (Å²) in [7, 11) is 2.12. The second-order valence-corrected chi connectivity index (χ2v) is 8.54. The van der Waals surface area contributed by atoms with Crippen molar-refractivity contribution in [3.8, 4) is 0 Å². The van der Waals surface area contributed by atoms with Crippen LogP contribution in [-0.4, -0.2) is 61.6 Å². The Labute approximate surface area is 173 Å². The minimum Gasteiger partial charge on any atom is -0.448 e. The molecule has 0 spiro atoms. The first-order chi connectivity index (χ1) is 13.6. The summed E-state index contributed by atoms with van der Waals surface area (Å²) in [5.41, 5.74) is 1.50. The molecule has 0 bridgehead atoms. The van der Waals surface area contributed by atoms with Crippen LogP contribution in [-0.2, 0) is 4.74 Å². The van der Waals surface area contributed by atoms with Crippen LogP contribution in [0.5, 0.6) is 0 Å². The molecule has 0 unspecified atom stereocenters. The lowest BCUT2D eigenvalue weighted by molar-refractivity contribution is 0.159. The van der Waals surface area contributed by atoms with Crippen molar-refractivity contribution in [3.63, 3.8) is 0 Å². The Kier molecular flexibility index (Phi) is 5.57. The van der Waals surface area contributed by atoms with Gasteiger partial charge in [-0.1, -0.05) is 12.1 Å². The number of amides is 1. The van der Waals surface area contributed by atoms with Gasteiger partial charge in [-0.15, -0.1) is 22.9 Å². The molecule has 1 fully saturated rings. The van der Waals surface area contributed by atoms with Crippen LogP contribution in [0.4, 0.5) is 16.2 Å². The van der Waals surface area contributed by atoms with Crippen molar-refractivity contribution in [1.29, 1.82) is 0 Å². The molecular formula is C20H23ClN4O2S. The number of fused-ring (bicyclic) bond motifs is 2. The number of benzene rings is 1. The molecule has 8 heteroatoms. The van der Waals surface area contributed by atoms with Crippen LogP contribution in [0, 0.1) is 6.92 Å². The van der Waals surface area contributed by atoms with Crippen molar-refractivity contribution in [3.05, 3.63) is 45.1 Å². The Bertz CT molecular complexity index is 998. The number of anilines is 1. The quantitative estimate of drug-likeness (QED) is 0.719. The van der Waals surface area contributed by atoms with Gasteiger partial charge in [0.05, 0.1) is 22.5 Å². The summed E-state index contributed by atoms with van der Waals surface area (Å²) in [6.07, 6.45) is -0.422. The van der Waals surface area contributed by atoms with Crippen LogP contribution >= 0.6 is 22.9 Å². The van der Waals surface area contributed by atoms with E-state index in [1.165, 1.54) is 0 Å². The molecule has 0 radical (unpaired) electrons. The molecule has 3 heterocycles. The second-order valence-electron chi connectivity index (χ2n) is 6.93. The Morgan fingerprint density at radius 2 is 2.00 bits per heavy atom. The van der Waals surface area contributed by atoms with Gasteiger partial charge >= 0.3 is 6.09 Å².